The molecule has 2 N–H and O–H groups in total. The molecule has 0 aromatic heterocycles. The Balaban J connectivity index is 4.59. The van der Waals surface area contributed by atoms with Crippen LogP contribution >= 0.6 is 0 Å². The van der Waals surface area contributed by atoms with Gasteiger partial charge in [-0.05, 0) is 13.3 Å². The van der Waals surface area contributed by atoms with E-state index >= 15 is 0 Å². The predicted molar refractivity (Wildman–Crippen MR) is 53.7 cm³/mol. The zero-order chi connectivity index (χ0) is 12.8. The summed E-state index contributed by atoms with van der Waals surface area (Å²) in [4.78, 5) is 11.3. The Hall–Kier alpha value is -0.780. The summed E-state index contributed by atoms with van der Waals surface area (Å²) >= 11 is 0. The molecular weight excluding hydrogens is 223 g/mol. The maximum atomic E-state index is 12.4. The second-order valence-corrected chi connectivity index (χ2v) is 3.57. The van der Waals surface area contributed by atoms with Gasteiger partial charge >= 0.3 is 12.1 Å². The quantitative estimate of drug-likeness (QED) is 0.725. The van der Waals surface area contributed by atoms with Gasteiger partial charge in [0.2, 0.25) is 0 Å². The molecular formula is C10H18F3NO2. The molecule has 0 saturated heterocycles. The largest absolute Gasteiger partial charge is 0.466 e. The number of unbranched alkanes of at least 4 members (excludes halogenated alkanes) is 1. The molecule has 0 aromatic carbocycles. The Labute approximate surface area is 93.1 Å². The number of ether oxygens (including phenoxy) is 1. The standard InChI is InChI=1S/C10H18F3NO2/c1-3-5-6-7(9(15)16-4-2)8(14)10(11,12)13/h7-8H,3-6,14H2,1-2H3/t7-,8-/m0/s1. The van der Waals surface area contributed by atoms with Gasteiger partial charge in [0.25, 0.3) is 0 Å². The molecule has 3 nitrogen and oxygen atoms in total. The van der Waals surface area contributed by atoms with Crippen molar-refractivity contribution in [3.05, 3.63) is 0 Å². The molecule has 0 rings (SSSR count). The van der Waals surface area contributed by atoms with Crippen LogP contribution in [0.4, 0.5) is 13.2 Å². The van der Waals surface area contributed by atoms with E-state index in [-0.39, 0.29) is 13.0 Å². The van der Waals surface area contributed by atoms with Gasteiger partial charge in [0.15, 0.2) is 0 Å². The maximum absolute atomic E-state index is 12.4. The van der Waals surface area contributed by atoms with Crippen molar-refractivity contribution in [3.8, 4) is 0 Å². The van der Waals surface area contributed by atoms with Crippen molar-refractivity contribution < 1.29 is 22.7 Å². The summed E-state index contributed by atoms with van der Waals surface area (Å²) in [6.45, 7) is 3.45. The summed E-state index contributed by atoms with van der Waals surface area (Å²) in [5.41, 5.74) is 5.04. The van der Waals surface area contributed by atoms with E-state index in [1.807, 2.05) is 6.92 Å². The van der Waals surface area contributed by atoms with Crippen molar-refractivity contribution in [1.82, 2.24) is 0 Å². The Kier molecular flexibility index (Phi) is 6.40. The van der Waals surface area contributed by atoms with Crippen molar-refractivity contribution in [3.63, 3.8) is 0 Å². The van der Waals surface area contributed by atoms with Gasteiger partial charge in [0.1, 0.15) is 6.04 Å². The number of esters is 1. The third-order valence-electron chi connectivity index (χ3n) is 2.27. The minimum Gasteiger partial charge on any atom is -0.466 e. The van der Waals surface area contributed by atoms with Crippen LogP contribution in [-0.4, -0.2) is 24.8 Å². The first kappa shape index (κ1) is 15.2. The number of carbonyl (C=O) groups excluding carboxylic acids is 1. The molecule has 0 fully saturated rings. The molecule has 0 aliphatic rings. The van der Waals surface area contributed by atoms with Crippen molar-refractivity contribution in [1.29, 1.82) is 0 Å². The van der Waals surface area contributed by atoms with Crippen LogP contribution in [0.1, 0.15) is 33.1 Å². The van der Waals surface area contributed by atoms with Gasteiger partial charge in [-0.1, -0.05) is 19.8 Å². The Morgan fingerprint density at radius 1 is 1.38 bits per heavy atom. The van der Waals surface area contributed by atoms with E-state index in [9.17, 15) is 18.0 Å². The van der Waals surface area contributed by atoms with E-state index in [1.165, 1.54) is 0 Å². The van der Waals surface area contributed by atoms with Crippen molar-refractivity contribution >= 4 is 5.97 Å². The van der Waals surface area contributed by atoms with Gasteiger partial charge in [-0.25, -0.2) is 0 Å². The number of carbonyl (C=O) groups is 1. The summed E-state index contributed by atoms with van der Waals surface area (Å²) in [6, 6.07) is -2.14. The van der Waals surface area contributed by atoms with Crippen LogP contribution in [0.5, 0.6) is 0 Å². The van der Waals surface area contributed by atoms with E-state index in [2.05, 4.69) is 4.74 Å². The number of halogens is 3. The molecule has 0 aliphatic carbocycles. The fourth-order valence-corrected chi connectivity index (χ4v) is 1.35. The van der Waals surface area contributed by atoms with E-state index in [4.69, 9.17) is 5.73 Å². The van der Waals surface area contributed by atoms with Crippen molar-refractivity contribution in [2.75, 3.05) is 6.61 Å². The molecule has 0 bridgehead atoms. The van der Waals surface area contributed by atoms with E-state index in [1.54, 1.807) is 6.92 Å². The number of alkyl halides is 3. The van der Waals surface area contributed by atoms with Crippen LogP contribution in [-0.2, 0) is 9.53 Å². The fraction of sp³-hybridized carbons (Fsp3) is 0.900. The van der Waals surface area contributed by atoms with Crippen molar-refractivity contribution in [2.45, 2.75) is 45.3 Å². The number of nitrogens with two attached hydrogens (primary N) is 1. The van der Waals surface area contributed by atoms with Crippen LogP contribution in [0.2, 0.25) is 0 Å². The molecule has 0 aromatic rings. The van der Waals surface area contributed by atoms with Gasteiger partial charge < -0.3 is 10.5 Å². The number of hydrogen-bond acceptors (Lipinski definition) is 3. The molecule has 96 valence electrons. The highest BCUT2D eigenvalue weighted by Crippen LogP contribution is 2.27. The predicted octanol–water partition coefficient (Wildman–Crippen LogP) is 2.25. The average molecular weight is 241 g/mol. The Morgan fingerprint density at radius 2 is 1.94 bits per heavy atom. The first-order valence-electron chi connectivity index (χ1n) is 5.33. The summed E-state index contributed by atoms with van der Waals surface area (Å²) < 4.78 is 41.8. The minimum absolute atomic E-state index is 0.0615. The van der Waals surface area contributed by atoms with Crippen LogP contribution in [0.15, 0.2) is 0 Å². The zero-order valence-electron chi connectivity index (χ0n) is 9.51. The van der Waals surface area contributed by atoms with Gasteiger partial charge in [-0.3, -0.25) is 4.79 Å². The molecule has 0 aliphatic heterocycles. The van der Waals surface area contributed by atoms with Gasteiger partial charge in [0, 0.05) is 0 Å². The topological polar surface area (TPSA) is 52.3 Å². The van der Waals surface area contributed by atoms with Gasteiger partial charge in [-0.15, -0.1) is 0 Å². The van der Waals surface area contributed by atoms with Crippen LogP contribution < -0.4 is 5.73 Å². The molecule has 0 saturated carbocycles. The fourth-order valence-electron chi connectivity index (χ4n) is 1.35. The molecule has 16 heavy (non-hydrogen) atoms. The molecule has 0 radical (unpaired) electrons. The molecule has 0 spiro atoms. The lowest BCUT2D eigenvalue weighted by Gasteiger charge is -2.24. The van der Waals surface area contributed by atoms with E-state index in [0.717, 1.165) is 0 Å². The van der Waals surface area contributed by atoms with Crippen molar-refractivity contribution in [2.24, 2.45) is 11.7 Å². The summed E-state index contributed by atoms with van der Waals surface area (Å²) in [6.07, 6.45) is -3.23. The molecule has 6 heteroatoms. The van der Waals surface area contributed by atoms with Crippen LogP contribution in [0, 0.1) is 5.92 Å². The molecule has 0 unspecified atom stereocenters. The molecule has 2 atom stereocenters. The van der Waals surface area contributed by atoms with Crippen LogP contribution in [0.3, 0.4) is 0 Å². The van der Waals surface area contributed by atoms with E-state index in [0.29, 0.717) is 12.8 Å². The summed E-state index contributed by atoms with van der Waals surface area (Å²) in [5.74, 6) is -2.15. The highest BCUT2D eigenvalue weighted by Gasteiger charge is 2.45. The smallest absolute Gasteiger partial charge is 0.404 e. The normalized spacial score (nSPS) is 15.6. The van der Waals surface area contributed by atoms with Gasteiger partial charge in [0.05, 0.1) is 12.5 Å². The Morgan fingerprint density at radius 3 is 2.31 bits per heavy atom. The number of rotatable bonds is 6. The molecule has 0 amide bonds. The first-order chi connectivity index (χ1) is 7.34. The first-order valence-corrected chi connectivity index (χ1v) is 5.33. The highest BCUT2D eigenvalue weighted by molar-refractivity contribution is 5.73. The molecule has 0 heterocycles. The lowest BCUT2D eigenvalue weighted by atomic mass is 9.94. The van der Waals surface area contributed by atoms with Gasteiger partial charge in [-0.2, -0.15) is 13.2 Å². The average Bonchev–Trinajstić information content (AvgIpc) is 2.17. The van der Waals surface area contributed by atoms with E-state index < -0.39 is 24.1 Å². The third-order valence-corrected chi connectivity index (χ3v) is 2.27. The number of hydrogen-bond donors (Lipinski definition) is 1. The maximum Gasteiger partial charge on any atom is 0.404 e. The second kappa shape index (κ2) is 6.73. The SMILES string of the molecule is CCCC[C@H](C(=O)OCC)[C@H](N)C(F)(F)F. The Bertz CT molecular complexity index is 219. The summed E-state index contributed by atoms with van der Waals surface area (Å²) in [5, 5.41) is 0. The monoisotopic (exact) mass is 241 g/mol. The zero-order valence-corrected chi connectivity index (χ0v) is 9.51. The third kappa shape index (κ3) is 4.83. The minimum atomic E-state index is -4.56. The second-order valence-electron chi connectivity index (χ2n) is 3.57. The summed E-state index contributed by atoms with van der Waals surface area (Å²) in [7, 11) is 0. The lowest BCUT2D eigenvalue weighted by molar-refractivity contribution is -0.176. The van der Waals surface area contributed by atoms with Crippen LogP contribution in [0.25, 0.3) is 0 Å². The highest BCUT2D eigenvalue weighted by atomic mass is 19.4. The lowest BCUT2D eigenvalue weighted by Crippen LogP contribution is -2.47.